The van der Waals surface area contributed by atoms with Crippen molar-refractivity contribution in [2.45, 2.75) is 19.9 Å². The Balaban J connectivity index is 1.86. The van der Waals surface area contributed by atoms with Gasteiger partial charge in [-0.15, -0.1) is 0 Å². The van der Waals surface area contributed by atoms with Gasteiger partial charge in [0.25, 0.3) is 11.7 Å². The molecule has 0 radical (unpaired) electrons. The quantitative estimate of drug-likeness (QED) is 0.328. The minimum absolute atomic E-state index is 0.000951. The maximum atomic E-state index is 13.2. The van der Waals surface area contributed by atoms with Gasteiger partial charge in [-0.25, -0.2) is 0 Å². The molecule has 7 nitrogen and oxygen atoms in total. The SMILES string of the molecule is CCOc1ccc(/C(O)=C2\C(=O)C(=O)N(c3cccc(OCC)c3)C2c2cccnc2)cc1. The van der Waals surface area contributed by atoms with Crippen molar-refractivity contribution in [2.24, 2.45) is 0 Å². The average molecular weight is 444 g/mol. The average Bonchev–Trinajstić information content (AvgIpc) is 3.11. The second-order valence-electron chi connectivity index (χ2n) is 7.34. The summed E-state index contributed by atoms with van der Waals surface area (Å²) in [5, 5.41) is 11.2. The van der Waals surface area contributed by atoms with Gasteiger partial charge in [-0.3, -0.25) is 19.5 Å². The molecule has 1 saturated heterocycles. The van der Waals surface area contributed by atoms with Crippen molar-refractivity contribution in [1.82, 2.24) is 4.98 Å². The number of carbonyl (C=O) groups is 2. The topological polar surface area (TPSA) is 89.0 Å². The van der Waals surface area contributed by atoms with Gasteiger partial charge in [-0.1, -0.05) is 12.1 Å². The molecule has 1 N–H and O–H groups in total. The first kappa shape index (κ1) is 22.1. The first-order valence-corrected chi connectivity index (χ1v) is 10.7. The van der Waals surface area contributed by atoms with Crippen LogP contribution in [0.3, 0.4) is 0 Å². The molecule has 1 aliphatic rings. The van der Waals surface area contributed by atoms with E-state index < -0.39 is 17.7 Å². The molecule has 168 valence electrons. The van der Waals surface area contributed by atoms with Gasteiger partial charge >= 0.3 is 0 Å². The zero-order valence-electron chi connectivity index (χ0n) is 18.4. The van der Waals surface area contributed by atoms with Crippen LogP contribution >= 0.6 is 0 Å². The van der Waals surface area contributed by atoms with E-state index in [0.29, 0.717) is 41.5 Å². The van der Waals surface area contributed by atoms with Crippen LogP contribution in [0.4, 0.5) is 5.69 Å². The van der Waals surface area contributed by atoms with E-state index >= 15 is 0 Å². The Morgan fingerprint density at radius 1 is 0.970 bits per heavy atom. The number of ketones is 1. The molecular weight excluding hydrogens is 420 g/mol. The number of amides is 1. The second kappa shape index (κ2) is 9.56. The molecule has 0 bridgehead atoms. The number of aromatic nitrogens is 1. The molecule has 2 aromatic carbocycles. The highest BCUT2D eigenvalue weighted by Crippen LogP contribution is 2.42. The van der Waals surface area contributed by atoms with Crippen molar-refractivity contribution >= 4 is 23.1 Å². The van der Waals surface area contributed by atoms with E-state index in [4.69, 9.17) is 9.47 Å². The molecular formula is C26H24N2O5. The maximum absolute atomic E-state index is 13.2. The predicted molar refractivity (Wildman–Crippen MR) is 124 cm³/mol. The first-order chi connectivity index (χ1) is 16.0. The minimum Gasteiger partial charge on any atom is -0.507 e. The largest absolute Gasteiger partial charge is 0.507 e. The van der Waals surface area contributed by atoms with Crippen molar-refractivity contribution in [2.75, 3.05) is 18.1 Å². The molecule has 33 heavy (non-hydrogen) atoms. The number of rotatable bonds is 7. The lowest BCUT2D eigenvalue weighted by molar-refractivity contribution is -0.132. The van der Waals surface area contributed by atoms with Crippen LogP contribution in [0, 0.1) is 0 Å². The molecule has 1 aromatic heterocycles. The number of ether oxygens (including phenoxy) is 2. The zero-order chi connectivity index (χ0) is 23.4. The highest BCUT2D eigenvalue weighted by atomic mass is 16.5. The van der Waals surface area contributed by atoms with Gasteiger partial charge in [0.05, 0.1) is 24.8 Å². The van der Waals surface area contributed by atoms with E-state index in [2.05, 4.69) is 4.98 Å². The van der Waals surface area contributed by atoms with Gasteiger partial charge in [-0.05, 0) is 61.9 Å². The van der Waals surface area contributed by atoms with Gasteiger partial charge in [0.15, 0.2) is 0 Å². The summed E-state index contributed by atoms with van der Waals surface area (Å²) in [5.74, 6) is -0.532. The van der Waals surface area contributed by atoms with E-state index in [1.54, 1.807) is 73.1 Å². The number of hydrogen-bond donors (Lipinski definition) is 1. The monoisotopic (exact) mass is 444 g/mol. The lowest BCUT2D eigenvalue weighted by Crippen LogP contribution is -2.29. The van der Waals surface area contributed by atoms with Crippen LogP contribution in [-0.2, 0) is 9.59 Å². The number of benzene rings is 2. The Bertz CT molecular complexity index is 1190. The number of nitrogens with zero attached hydrogens (tertiary/aromatic N) is 2. The Labute approximate surface area is 191 Å². The number of aliphatic hydroxyl groups is 1. The fourth-order valence-electron chi connectivity index (χ4n) is 3.87. The van der Waals surface area contributed by atoms with Gasteiger partial charge in [0, 0.05) is 29.7 Å². The van der Waals surface area contributed by atoms with Gasteiger partial charge in [0.1, 0.15) is 17.3 Å². The fraction of sp³-hybridized carbons (Fsp3) is 0.192. The molecule has 0 saturated carbocycles. The van der Waals surface area contributed by atoms with Crippen molar-refractivity contribution < 1.29 is 24.2 Å². The molecule has 0 spiro atoms. The molecule has 7 heteroatoms. The third-order valence-corrected chi connectivity index (χ3v) is 5.29. The van der Waals surface area contributed by atoms with Gasteiger partial charge in [0.2, 0.25) is 0 Å². The normalized spacial score (nSPS) is 17.3. The van der Waals surface area contributed by atoms with Crippen LogP contribution in [0.15, 0.2) is 78.6 Å². The summed E-state index contributed by atoms with van der Waals surface area (Å²) < 4.78 is 11.0. The summed E-state index contributed by atoms with van der Waals surface area (Å²) in [6.07, 6.45) is 3.19. The Morgan fingerprint density at radius 2 is 1.70 bits per heavy atom. The summed E-state index contributed by atoms with van der Waals surface area (Å²) in [6.45, 7) is 4.72. The summed E-state index contributed by atoms with van der Waals surface area (Å²) in [5.41, 5.74) is 1.50. The molecule has 1 atom stereocenters. The van der Waals surface area contributed by atoms with Crippen LogP contribution in [0.1, 0.15) is 31.0 Å². The number of carbonyl (C=O) groups excluding carboxylic acids is 2. The highest BCUT2D eigenvalue weighted by molar-refractivity contribution is 6.51. The predicted octanol–water partition coefficient (Wildman–Crippen LogP) is 4.51. The molecule has 1 fully saturated rings. The van der Waals surface area contributed by atoms with Crippen molar-refractivity contribution in [3.05, 3.63) is 89.8 Å². The van der Waals surface area contributed by atoms with Crippen LogP contribution in [-0.4, -0.2) is 35.0 Å². The van der Waals surface area contributed by atoms with Crippen LogP contribution in [0.25, 0.3) is 5.76 Å². The lowest BCUT2D eigenvalue weighted by atomic mass is 9.96. The molecule has 1 amide bonds. The van der Waals surface area contributed by atoms with Crippen molar-refractivity contribution in [3.8, 4) is 11.5 Å². The highest BCUT2D eigenvalue weighted by Gasteiger charge is 2.47. The Morgan fingerprint density at radius 3 is 2.36 bits per heavy atom. The summed E-state index contributed by atoms with van der Waals surface area (Å²) in [4.78, 5) is 31.9. The molecule has 1 unspecified atom stereocenters. The summed E-state index contributed by atoms with van der Waals surface area (Å²) >= 11 is 0. The smallest absolute Gasteiger partial charge is 0.300 e. The summed E-state index contributed by atoms with van der Waals surface area (Å²) in [6, 6.07) is 16.4. The van der Waals surface area contributed by atoms with E-state index in [1.807, 2.05) is 13.8 Å². The number of anilines is 1. The van der Waals surface area contributed by atoms with Gasteiger partial charge in [-0.2, -0.15) is 0 Å². The second-order valence-corrected chi connectivity index (χ2v) is 7.34. The number of hydrogen-bond acceptors (Lipinski definition) is 6. The van der Waals surface area contributed by atoms with E-state index in [1.165, 1.54) is 4.90 Å². The fourth-order valence-corrected chi connectivity index (χ4v) is 3.87. The van der Waals surface area contributed by atoms with Gasteiger partial charge < -0.3 is 14.6 Å². The molecule has 3 aromatic rings. The lowest BCUT2D eigenvalue weighted by Gasteiger charge is -2.25. The van der Waals surface area contributed by atoms with E-state index in [0.717, 1.165) is 0 Å². The third kappa shape index (κ3) is 4.30. The van der Waals surface area contributed by atoms with Crippen LogP contribution in [0.5, 0.6) is 11.5 Å². The summed E-state index contributed by atoms with van der Waals surface area (Å²) in [7, 11) is 0. The van der Waals surface area contributed by atoms with Crippen molar-refractivity contribution in [1.29, 1.82) is 0 Å². The minimum atomic E-state index is -0.845. The number of Topliss-reactive ketones (excluding diaryl/α,β-unsaturated/α-hetero) is 1. The maximum Gasteiger partial charge on any atom is 0.300 e. The van der Waals surface area contributed by atoms with Crippen molar-refractivity contribution in [3.63, 3.8) is 0 Å². The van der Waals surface area contributed by atoms with E-state index in [-0.39, 0.29) is 11.3 Å². The third-order valence-electron chi connectivity index (χ3n) is 5.29. The number of pyridine rings is 1. The van der Waals surface area contributed by atoms with E-state index in [9.17, 15) is 14.7 Å². The van der Waals surface area contributed by atoms with Crippen LogP contribution in [0.2, 0.25) is 0 Å². The van der Waals surface area contributed by atoms with Crippen LogP contribution < -0.4 is 14.4 Å². The molecule has 4 rings (SSSR count). The number of aliphatic hydroxyl groups excluding tert-OH is 1. The molecule has 2 heterocycles. The Hall–Kier alpha value is -4.13. The molecule has 0 aliphatic carbocycles. The first-order valence-electron chi connectivity index (χ1n) is 10.7. The Kier molecular flexibility index (Phi) is 6.40. The zero-order valence-corrected chi connectivity index (χ0v) is 18.4. The molecule has 1 aliphatic heterocycles. The standard InChI is InChI=1S/C26H24N2O5/c1-3-32-20-12-10-17(11-13-20)24(29)22-23(18-7-6-14-27-16-18)28(26(31)25(22)30)19-8-5-9-21(15-19)33-4-2/h5-16,23,29H,3-4H2,1-2H3/b24-22+.